The summed E-state index contributed by atoms with van der Waals surface area (Å²) in [6.45, 7) is 0. The van der Waals surface area contributed by atoms with E-state index in [1.54, 1.807) is 0 Å². The molecule has 4 N–H and O–H groups in total. The van der Waals surface area contributed by atoms with E-state index in [-0.39, 0.29) is 0 Å². The second kappa shape index (κ2) is 13.2. The van der Waals surface area contributed by atoms with Gasteiger partial charge in [-0.25, -0.2) is 19.9 Å². The Hall–Kier alpha value is -8.14. The topological polar surface area (TPSA) is 115 Å². The number of H-pyrrole nitrogens is 4. The standard InChI is InChI=1S/C52H32N8S/c1-3-41-42-4-2-6-44(50-47-21-17-39(59-47)27-35-13-9-31(55-35)24-32-10-14-36(56-32)28-40-18-22-48(50)60-40)52(42)61-51(41)43(5-1)49-45-19-15-37(57-45)25-33-11-7-29(53-33)23-30-8-12-34(54-30)26-38-16-20-46(49)58-38/h1-28,53,55,58,60H. The molecule has 0 amide bonds. The first-order valence-electron chi connectivity index (χ1n) is 20.2. The zero-order valence-electron chi connectivity index (χ0n) is 32.4. The van der Waals surface area contributed by atoms with Crippen molar-refractivity contribution in [3.8, 4) is 22.3 Å². The van der Waals surface area contributed by atoms with Gasteiger partial charge in [0.2, 0.25) is 0 Å². The van der Waals surface area contributed by atoms with Crippen LogP contribution in [-0.4, -0.2) is 39.9 Å². The van der Waals surface area contributed by atoms with E-state index in [1.165, 1.54) is 20.2 Å². The fourth-order valence-electron chi connectivity index (χ4n) is 8.80. The summed E-state index contributed by atoms with van der Waals surface area (Å²) in [5.41, 5.74) is 19.3. The van der Waals surface area contributed by atoms with Crippen molar-refractivity contribution in [1.29, 1.82) is 0 Å². The van der Waals surface area contributed by atoms with Crippen molar-refractivity contribution < 1.29 is 0 Å². The van der Waals surface area contributed by atoms with E-state index in [0.717, 1.165) is 112 Å². The summed E-state index contributed by atoms with van der Waals surface area (Å²) in [5.74, 6) is 0. The van der Waals surface area contributed by atoms with Crippen LogP contribution in [0.5, 0.6) is 0 Å². The molecule has 0 fully saturated rings. The van der Waals surface area contributed by atoms with Gasteiger partial charge in [-0.2, -0.15) is 0 Å². The molecule has 8 nitrogen and oxygen atoms in total. The molecule has 4 aliphatic rings. The summed E-state index contributed by atoms with van der Waals surface area (Å²) in [7, 11) is 0. The second-order valence-electron chi connectivity index (χ2n) is 15.6. The van der Waals surface area contributed by atoms with Crippen LogP contribution < -0.4 is 0 Å². The third-order valence-corrected chi connectivity index (χ3v) is 12.8. The second-order valence-corrected chi connectivity index (χ2v) is 16.6. The number of aromatic nitrogens is 8. The Balaban J connectivity index is 1.07. The van der Waals surface area contributed by atoms with Crippen molar-refractivity contribution in [2.75, 3.05) is 0 Å². The van der Waals surface area contributed by atoms with Gasteiger partial charge in [0.25, 0.3) is 0 Å². The molecule has 0 saturated carbocycles. The maximum Gasteiger partial charge on any atom is 0.0737 e. The lowest BCUT2D eigenvalue weighted by Crippen LogP contribution is -1.86. The van der Waals surface area contributed by atoms with Gasteiger partial charge in [0.15, 0.2) is 0 Å². The Morgan fingerprint density at radius 2 is 0.672 bits per heavy atom. The fourth-order valence-corrected chi connectivity index (χ4v) is 10.1. The van der Waals surface area contributed by atoms with Crippen molar-refractivity contribution in [3.63, 3.8) is 0 Å². The first-order valence-corrected chi connectivity index (χ1v) is 21.0. The lowest BCUT2D eigenvalue weighted by atomic mass is 9.98. The Labute approximate surface area is 351 Å². The van der Waals surface area contributed by atoms with Crippen molar-refractivity contribution in [1.82, 2.24) is 39.9 Å². The van der Waals surface area contributed by atoms with E-state index in [2.05, 4.69) is 178 Å². The summed E-state index contributed by atoms with van der Waals surface area (Å²) in [6, 6.07) is 42.6. The lowest BCUT2D eigenvalue weighted by molar-refractivity contribution is 1.31. The van der Waals surface area contributed by atoms with Crippen molar-refractivity contribution in [2.45, 2.75) is 0 Å². The Morgan fingerprint density at radius 1 is 0.328 bits per heavy atom. The van der Waals surface area contributed by atoms with Gasteiger partial charge in [-0.05, 0) is 134 Å². The average molecular weight is 801 g/mol. The Bertz CT molecular complexity index is 3590. The van der Waals surface area contributed by atoms with Gasteiger partial charge in [0.05, 0.1) is 45.6 Å². The monoisotopic (exact) mass is 800 g/mol. The molecule has 9 aromatic rings. The highest BCUT2D eigenvalue weighted by atomic mass is 32.1. The number of thiophene rings is 1. The van der Waals surface area contributed by atoms with Crippen LogP contribution in [0, 0.1) is 0 Å². The first kappa shape index (κ1) is 33.8. The van der Waals surface area contributed by atoms with E-state index in [9.17, 15) is 0 Å². The minimum atomic E-state index is 0.883. The summed E-state index contributed by atoms with van der Waals surface area (Å²) in [5, 5.41) is 2.38. The van der Waals surface area contributed by atoms with E-state index in [1.807, 2.05) is 23.5 Å². The van der Waals surface area contributed by atoms with Gasteiger partial charge < -0.3 is 19.9 Å². The smallest absolute Gasteiger partial charge is 0.0737 e. The van der Waals surface area contributed by atoms with Crippen molar-refractivity contribution >= 4 is 124 Å². The van der Waals surface area contributed by atoms with E-state index in [0.29, 0.717) is 0 Å². The normalized spacial score (nSPS) is 13.0. The molecule has 0 radical (unpaired) electrons. The number of aromatic amines is 4. The zero-order chi connectivity index (χ0) is 40.0. The van der Waals surface area contributed by atoms with E-state index < -0.39 is 0 Å². The molecule has 0 unspecified atom stereocenters. The van der Waals surface area contributed by atoms with Crippen LogP contribution in [0.4, 0.5) is 0 Å². The maximum absolute atomic E-state index is 5.24. The number of hydrogen-bond donors (Lipinski definition) is 4. The highest BCUT2D eigenvalue weighted by molar-refractivity contribution is 7.27. The third kappa shape index (κ3) is 5.90. The van der Waals surface area contributed by atoms with Crippen LogP contribution in [0.1, 0.15) is 45.6 Å². The minimum Gasteiger partial charge on any atom is -0.355 e. The highest BCUT2D eigenvalue weighted by Crippen LogP contribution is 2.46. The number of nitrogens with zero attached hydrogens (tertiary/aromatic N) is 4. The molecule has 13 rings (SSSR count). The van der Waals surface area contributed by atoms with Crippen LogP contribution in [0.25, 0.3) is 135 Å². The summed E-state index contributed by atoms with van der Waals surface area (Å²) in [4.78, 5) is 34.7. The highest BCUT2D eigenvalue weighted by Gasteiger charge is 2.20. The number of rotatable bonds is 2. The number of fused-ring (bicyclic) bond motifs is 19. The quantitative estimate of drug-likeness (QED) is 0.139. The first-order chi connectivity index (χ1) is 30.1. The average Bonchev–Trinajstić information content (AvgIpc) is 4.10. The van der Waals surface area contributed by atoms with Crippen LogP contribution in [-0.2, 0) is 0 Å². The number of hydrogen-bond acceptors (Lipinski definition) is 5. The maximum atomic E-state index is 5.24. The molecule has 0 aliphatic carbocycles. The molecule has 16 bridgehead atoms. The minimum absolute atomic E-state index is 0.883. The van der Waals surface area contributed by atoms with E-state index in [4.69, 9.17) is 19.9 Å². The zero-order valence-corrected chi connectivity index (χ0v) is 33.2. The van der Waals surface area contributed by atoms with Gasteiger partial charge in [-0.1, -0.05) is 36.4 Å². The largest absolute Gasteiger partial charge is 0.355 e. The van der Waals surface area contributed by atoms with Crippen molar-refractivity contribution in [3.05, 3.63) is 167 Å². The molecular formula is C52H32N8S. The molecular weight excluding hydrogens is 769 g/mol. The summed E-state index contributed by atoms with van der Waals surface area (Å²) in [6.07, 6.45) is 16.6. The fraction of sp³-hybridized carbons (Fsp3) is 0. The molecule has 0 atom stereocenters. The summed E-state index contributed by atoms with van der Waals surface area (Å²) >= 11 is 1.82. The number of benzene rings is 2. The number of nitrogens with one attached hydrogen (secondary N) is 4. The van der Waals surface area contributed by atoms with E-state index >= 15 is 0 Å². The molecule has 0 saturated heterocycles. The van der Waals surface area contributed by atoms with Crippen LogP contribution in [0.15, 0.2) is 121 Å². The van der Waals surface area contributed by atoms with Gasteiger partial charge in [-0.15, -0.1) is 11.3 Å². The van der Waals surface area contributed by atoms with Crippen molar-refractivity contribution in [2.24, 2.45) is 0 Å². The van der Waals surface area contributed by atoms with Gasteiger partial charge in [0, 0.05) is 86.6 Å². The third-order valence-electron chi connectivity index (χ3n) is 11.5. The molecule has 2 aromatic carbocycles. The van der Waals surface area contributed by atoms with Gasteiger partial charge >= 0.3 is 0 Å². The predicted molar refractivity (Wildman–Crippen MR) is 255 cm³/mol. The molecule has 11 heterocycles. The molecule has 9 heteroatoms. The van der Waals surface area contributed by atoms with Crippen LogP contribution >= 0.6 is 11.3 Å². The van der Waals surface area contributed by atoms with Crippen LogP contribution in [0.2, 0.25) is 0 Å². The lowest BCUT2D eigenvalue weighted by Gasteiger charge is -2.06. The molecule has 286 valence electrons. The Morgan fingerprint density at radius 3 is 1.08 bits per heavy atom. The SMILES string of the molecule is C1=Cc2cc3ccc([nH]3)c(-c3cccc4c3sc3c(-c5c6nc(cc7ccc(cc8nc(cc9ccc5[nH]9)C=C8)[nH]7)C=C6)cccc34)c3nc(cc4ccc(cc1n2)[nH]4)C=C3. The molecule has 4 aliphatic heterocycles. The summed E-state index contributed by atoms with van der Waals surface area (Å²) < 4.78 is 2.37. The van der Waals surface area contributed by atoms with Crippen LogP contribution in [0.3, 0.4) is 0 Å². The van der Waals surface area contributed by atoms with Gasteiger partial charge in [-0.3, -0.25) is 0 Å². The van der Waals surface area contributed by atoms with Gasteiger partial charge in [0.1, 0.15) is 0 Å². The molecule has 0 spiro atoms. The Kier molecular flexibility index (Phi) is 7.31. The molecule has 7 aromatic heterocycles. The predicted octanol–water partition coefficient (Wildman–Crippen LogP) is 13.3. The molecule has 61 heavy (non-hydrogen) atoms.